The number of pyridine rings is 1. The Labute approximate surface area is 110 Å². The van der Waals surface area contributed by atoms with Crippen molar-refractivity contribution in [2.75, 3.05) is 39.8 Å². The number of hydrogen-bond donors (Lipinski definition) is 1. The predicted octanol–water partition coefficient (Wildman–Crippen LogP) is 0.807. The molecule has 0 radical (unpaired) electrons. The lowest BCUT2D eigenvalue weighted by molar-refractivity contribution is 0.101. The number of piperazine rings is 1. The zero-order valence-electron chi connectivity index (χ0n) is 11.5. The minimum absolute atomic E-state index is 0.667. The summed E-state index contributed by atoms with van der Waals surface area (Å²) in [5.41, 5.74) is 1.11. The summed E-state index contributed by atoms with van der Waals surface area (Å²) < 4.78 is 0. The lowest BCUT2D eigenvalue weighted by atomic mass is 10.2. The molecule has 0 saturated carbocycles. The normalized spacial score (nSPS) is 22.2. The van der Waals surface area contributed by atoms with E-state index in [1.165, 1.54) is 19.6 Å². The summed E-state index contributed by atoms with van der Waals surface area (Å²) in [4.78, 5) is 9.27. The number of aromatic nitrogens is 1. The lowest BCUT2D eigenvalue weighted by Crippen LogP contribution is -2.51. The van der Waals surface area contributed by atoms with Crippen LogP contribution in [0.4, 0.5) is 0 Å². The fourth-order valence-electron chi connectivity index (χ4n) is 2.45. The Bertz CT molecular complexity index is 341. The highest BCUT2D eigenvalue weighted by Gasteiger charge is 2.20. The summed E-state index contributed by atoms with van der Waals surface area (Å²) in [5, 5.41) is 3.46. The van der Waals surface area contributed by atoms with Gasteiger partial charge < -0.3 is 10.2 Å². The first-order chi connectivity index (χ1) is 8.75. The zero-order chi connectivity index (χ0) is 12.8. The van der Waals surface area contributed by atoms with Gasteiger partial charge in [0.1, 0.15) is 0 Å². The number of nitrogens with zero attached hydrogens (tertiary/aromatic N) is 3. The summed E-state index contributed by atoms with van der Waals surface area (Å²) >= 11 is 0. The lowest BCUT2D eigenvalue weighted by Gasteiger charge is -2.38. The van der Waals surface area contributed by atoms with Crippen LogP contribution in [0.1, 0.15) is 12.6 Å². The Morgan fingerprint density at radius 2 is 2.28 bits per heavy atom. The highest BCUT2D eigenvalue weighted by Crippen LogP contribution is 2.06. The Balaban J connectivity index is 1.64. The maximum Gasteiger partial charge on any atom is 0.0541 e. The molecule has 1 aliphatic heterocycles. The van der Waals surface area contributed by atoms with E-state index in [0.717, 1.165) is 25.3 Å². The first kappa shape index (κ1) is 13.5. The van der Waals surface area contributed by atoms with Crippen LogP contribution in [0.5, 0.6) is 0 Å². The van der Waals surface area contributed by atoms with Crippen LogP contribution >= 0.6 is 0 Å². The first-order valence-corrected chi connectivity index (χ1v) is 6.79. The van der Waals surface area contributed by atoms with Crippen molar-refractivity contribution in [3.05, 3.63) is 30.1 Å². The molecule has 0 amide bonds. The summed E-state index contributed by atoms with van der Waals surface area (Å²) in [5.74, 6) is 0. The van der Waals surface area contributed by atoms with E-state index in [4.69, 9.17) is 0 Å². The van der Waals surface area contributed by atoms with Crippen LogP contribution in [-0.4, -0.2) is 60.6 Å². The van der Waals surface area contributed by atoms with Gasteiger partial charge in [-0.25, -0.2) is 0 Å². The van der Waals surface area contributed by atoms with Crippen molar-refractivity contribution in [3.63, 3.8) is 0 Å². The van der Waals surface area contributed by atoms with Crippen LogP contribution < -0.4 is 5.32 Å². The largest absolute Gasteiger partial charge is 0.310 e. The van der Waals surface area contributed by atoms with Gasteiger partial charge in [-0.05, 0) is 26.1 Å². The standard InChI is InChI=1S/C14H24N4/c1-13-12-17(2)9-10-18(13)8-7-15-11-14-5-3-4-6-16-14/h3-6,13,15H,7-12H2,1-2H3. The molecule has 1 N–H and O–H groups in total. The van der Waals surface area contributed by atoms with Gasteiger partial charge in [0.05, 0.1) is 5.69 Å². The van der Waals surface area contributed by atoms with E-state index < -0.39 is 0 Å². The third kappa shape index (κ3) is 4.05. The van der Waals surface area contributed by atoms with Crippen LogP contribution in [0.3, 0.4) is 0 Å². The van der Waals surface area contributed by atoms with E-state index >= 15 is 0 Å². The molecule has 100 valence electrons. The topological polar surface area (TPSA) is 31.4 Å². The fraction of sp³-hybridized carbons (Fsp3) is 0.643. The number of rotatable bonds is 5. The molecule has 1 atom stereocenters. The number of hydrogen-bond acceptors (Lipinski definition) is 4. The maximum atomic E-state index is 4.31. The summed E-state index contributed by atoms with van der Waals surface area (Å²) in [6.45, 7) is 8.89. The first-order valence-electron chi connectivity index (χ1n) is 6.79. The van der Waals surface area contributed by atoms with E-state index in [9.17, 15) is 0 Å². The molecule has 2 heterocycles. The SMILES string of the molecule is CC1CN(C)CCN1CCNCc1ccccn1. The molecule has 4 nitrogen and oxygen atoms in total. The fourth-order valence-corrected chi connectivity index (χ4v) is 2.45. The third-order valence-electron chi connectivity index (χ3n) is 3.58. The molecule has 1 aliphatic rings. The second kappa shape index (κ2) is 6.83. The highest BCUT2D eigenvalue weighted by atomic mass is 15.3. The molecule has 0 aliphatic carbocycles. The Hall–Kier alpha value is -0.970. The molecule has 1 fully saturated rings. The third-order valence-corrected chi connectivity index (χ3v) is 3.58. The van der Waals surface area contributed by atoms with E-state index in [1.807, 2.05) is 18.3 Å². The minimum atomic E-state index is 0.667. The summed E-state index contributed by atoms with van der Waals surface area (Å²) in [6.07, 6.45) is 1.85. The molecule has 1 saturated heterocycles. The molecule has 1 unspecified atom stereocenters. The van der Waals surface area contributed by atoms with E-state index in [2.05, 4.69) is 40.1 Å². The van der Waals surface area contributed by atoms with E-state index in [0.29, 0.717) is 6.04 Å². The molecule has 0 spiro atoms. The average molecular weight is 248 g/mol. The smallest absolute Gasteiger partial charge is 0.0541 e. The Kier molecular flexibility index (Phi) is 5.11. The van der Waals surface area contributed by atoms with E-state index in [1.54, 1.807) is 0 Å². The van der Waals surface area contributed by atoms with Crippen LogP contribution in [0, 0.1) is 0 Å². The Morgan fingerprint density at radius 1 is 1.39 bits per heavy atom. The van der Waals surface area contributed by atoms with Crippen LogP contribution in [0.2, 0.25) is 0 Å². The van der Waals surface area contributed by atoms with E-state index in [-0.39, 0.29) is 0 Å². The average Bonchev–Trinajstić information content (AvgIpc) is 2.38. The van der Waals surface area contributed by atoms with Crippen molar-refractivity contribution >= 4 is 0 Å². The monoisotopic (exact) mass is 248 g/mol. The number of likely N-dealkylation sites (N-methyl/N-ethyl adjacent to an activating group) is 1. The quantitative estimate of drug-likeness (QED) is 0.781. The second-order valence-electron chi connectivity index (χ2n) is 5.15. The number of nitrogens with one attached hydrogen (secondary N) is 1. The van der Waals surface area contributed by atoms with Gasteiger partial charge in [-0.2, -0.15) is 0 Å². The highest BCUT2D eigenvalue weighted by molar-refractivity contribution is 5.02. The molecular weight excluding hydrogens is 224 g/mol. The molecule has 18 heavy (non-hydrogen) atoms. The minimum Gasteiger partial charge on any atom is -0.310 e. The van der Waals surface area contributed by atoms with Gasteiger partial charge >= 0.3 is 0 Å². The molecule has 0 bridgehead atoms. The van der Waals surface area contributed by atoms with Gasteiger partial charge in [-0.1, -0.05) is 6.07 Å². The van der Waals surface area contributed by atoms with Gasteiger partial charge in [-0.15, -0.1) is 0 Å². The molecule has 2 rings (SSSR count). The van der Waals surface area contributed by atoms with Crippen molar-refractivity contribution in [2.45, 2.75) is 19.5 Å². The molecule has 4 heteroatoms. The molecule has 1 aromatic heterocycles. The van der Waals surface area contributed by atoms with Crippen molar-refractivity contribution < 1.29 is 0 Å². The van der Waals surface area contributed by atoms with Crippen LogP contribution in [0.25, 0.3) is 0 Å². The predicted molar refractivity (Wildman–Crippen MR) is 74.5 cm³/mol. The molecule has 1 aromatic rings. The molecular formula is C14H24N4. The van der Waals surface area contributed by atoms with Gasteiger partial charge in [0.2, 0.25) is 0 Å². The second-order valence-corrected chi connectivity index (χ2v) is 5.15. The maximum absolute atomic E-state index is 4.31. The van der Waals surface area contributed by atoms with Crippen LogP contribution in [-0.2, 0) is 6.54 Å². The van der Waals surface area contributed by atoms with Crippen LogP contribution in [0.15, 0.2) is 24.4 Å². The van der Waals surface area contributed by atoms with Crippen molar-refractivity contribution in [1.82, 2.24) is 20.1 Å². The molecule has 0 aromatic carbocycles. The van der Waals surface area contributed by atoms with Gasteiger partial charge in [-0.3, -0.25) is 9.88 Å². The summed E-state index contributed by atoms with van der Waals surface area (Å²) in [7, 11) is 2.20. The van der Waals surface area contributed by atoms with Gasteiger partial charge in [0.15, 0.2) is 0 Å². The van der Waals surface area contributed by atoms with Crippen molar-refractivity contribution in [2.24, 2.45) is 0 Å². The van der Waals surface area contributed by atoms with Gasteiger partial charge in [0.25, 0.3) is 0 Å². The zero-order valence-corrected chi connectivity index (χ0v) is 11.5. The Morgan fingerprint density at radius 3 is 3.00 bits per heavy atom. The summed E-state index contributed by atoms with van der Waals surface area (Å²) in [6, 6.07) is 6.72. The van der Waals surface area contributed by atoms with Crippen molar-refractivity contribution in [3.8, 4) is 0 Å². The van der Waals surface area contributed by atoms with Gasteiger partial charge in [0, 0.05) is 51.5 Å². The van der Waals surface area contributed by atoms with Crippen molar-refractivity contribution in [1.29, 1.82) is 0 Å².